The monoisotopic (exact) mass is 600 g/mol. The molecule has 0 saturated carbocycles. The summed E-state index contributed by atoms with van der Waals surface area (Å²) in [5.41, 5.74) is 9.32. The van der Waals surface area contributed by atoms with Crippen molar-refractivity contribution in [2.45, 2.75) is 0 Å². The quantitative estimate of drug-likeness (QED) is 0.176. The topological polar surface area (TPSA) is 0 Å². The predicted molar refractivity (Wildman–Crippen MR) is 191 cm³/mol. The molecule has 44 heavy (non-hydrogen) atoms. The third kappa shape index (κ3) is 4.38. The maximum absolute atomic E-state index is 6.81. The van der Waals surface area contributed by atoms with E-state index in [1.807, 2.05) is 12.1 Å². The van der Waals surface area contributed by atoms with Crippen LogP contribution >= 0.6 is 23.2 Å². The van der Waals surface area contributed by atoms with Crippen LogP contribution in [-0.2, 0) is 0 Å². The van der Waals surface area contributed by atoms with Crippen LogP contribution in [-0.4, -0.2) is 0 Å². The molecule has 0 fully saturated rings. The second-order valence-corrected chi connectivity index (χ2v) is 12.0. The van der Waals surface area contributed by atoms with Crippen LogP contribution in [0.15, 0.2) is 158 Å². The predicted octanol–water partition coefficient (Wildman–Crippen LogP) is 13.1. The Morgan fingerprint density at radius 1 is 0.273 bits per heavy atom. The van der Waals surface area contributed by atoms with E-state index in [0.29, 0.717) is 10.0 Å². The Morgan fingerprint density at radius 3 is 0.841 bits per heavy atom. The first kappa shape index (κ1) is 26.7. The van der Waals surface area contributed by atoms with E-state index in [0.717, 1.165) is 43.8 Å². The molecule has 0 atom stereocenters. The molecular formula is C42H26Cl2. The fraction of sp³-hybridized carbons (Fsp3) is 0. The van der Waals surface area contributed by atoms with Gasteiger partial charge in [0, 0.05) is 10.0 Å². The van der Waals surface area contributed by atoms with Crippen molar-refractivity contribution in [3.8, 4) is 44.5 Å². The van der Waals surface area contributed by atoms with Gasteiger partial charge >= 0.3 is 0 Å². The molecule has 0 unspecified atom stereocenters. The molecule has 0 heterocycles. The second kappa shape index (κ2) is 11.0. The number of hydrogen-bond acceptors (Lipinski definition) is 0. The van der Waals surface area contributed by atoms with Gasteiger partial charge in [-0.15, -0.1) is 0 Å². The van der Waals surface area contributed by atoms with Crippen LogP contribution < -0.4 is 0 Å². The first-order valence-electron chi connectivity index (χ1n) is 14.7. The van der Waals surface area contributed by atoms with Crippen molar-refractivity contribution in [1.82, 2.24) is 0 Å². The van der Waals surface area contributed by atoms with Gasteiger partial charge < -0.3 is 0 Å². The summed E-state index contributed by atoms with van der Waals surface area (Å²) in [6, 6.07) is 55.6. The number of halogens is 2. The molecule has 0 aliphatic heterocycles. The van der Waals surface area contributed by atoms with E-state index < -0.39 is 0 Å². The molecule has 0 N–H and O–H groups in total. The van der Waals surface area contributed by atoms with Crippen molar-refractivity contribution in [2.75, 3.05) is 0 Å². The number of fused-ring (bicyclic) bond motifs is 3. The van der Waals surface area contributed by atoms with E-state index in [4.69, 9.17) is 23.2 Å². The molecule has 2 heteroatoms. The van der Waals surface area contributed by atoms with Crippen LogP contribution in [0.2, 0.25) is 10.0 Å². The van der Waals surface area contributed by atoms with Gasteiger partial charge in [-0.25, -0.2) is 0 Å². The Balaban J connectivity index is 1.79. The first-order valence-corrected chi connectivity index (χ1v) is 15.5. The van der Waals surface area contributed by atoms with E-state index in [1.54, 1.807) is 0 Å². The number of benzene rings is 8. The minimum atomic E-state index is 0.713. The lowest BCUT2D eigenvalue weighted by molar-refractivity contribution is 1.63. The molecule has 8 aromatic carbocycles. The molecule has 0 amide bonds. The van der Waals surface area contributed by atoms with Crippen molar-refractivity contribution in [2.24, 2.45) is 0 Å². The van der Waals surface area contributed by atoms with Crippen molar-refractivity contribution in [3.63, 3.8) is 0 Å². The molecule has 0 radical (unpaired) electrons. The molecule has 0 nitrogen and oxygen atoms in total. The number of rotatable bonds is 4. The number of hydrogen-bond donors (Lipinski definition) is 0. The lowest BCUT2D eigenvalue weighted by Gasteiger charge is -2.25. The molecule has 8 aromatic rings. The zero-order valence-corrected chi connectivity index (χ0v) is 25.3. The van der Waals surface area contributed by atoms with Crippen LogP contribution in [0.3, 0.4) is 0 Å². The molecule has 0 aliphatic rings. The van der Waals surface area contributed by atoms with Crippen molar-refractivity contribution >= 4 is 55.5 Å². The zero-order valence-electron chi connectivity index (χ0n) is 23.8. The minimum Gasteiger partial charge on any atom is -0.0843 e. The van der Waals surface area contributed by atoms with Crippen LogP contribution in [0.1, 0.15) is 0 Å². The molecular weight excluding hydrogens is 575 g/mol. The van der Waals surface area contributed by atoms with Crippen molar-refractivity contribution in [1.29, 1.82) is 0 Å². The second-order valence-electron chi connectivity index (χ2n) is 11.1. The van der Waals surface area contributed by atoms with E-state index >= 15 is 0 Å². The van der Waals surface area contributed by atoms with Gasteiger partial charge in [-0.1, -0.05) is 157 Å². The van der Waals surface area contributed by atoms with Crippen LogP contribution in [0, 0.1) is 0 Å². The average Bonchev–Trinajstić information content (AvgIpc) is 3.07. The van der Waals surface area contributed by atoms with Gasteiger partial charge in [-0.05, 0) is 101 Å². The van der Waals surface area contributed by atoms with Gasteiger partial charge in [-0.3, -0.25) is 0 Å². The Morgan fingerprint density at radius 2 is 0.545 bits per heavy atom. The third-order valence-corrected chi connectivity index (χ3v) is 9.01. The molecule has 8 rings (SSSR count). The molecule has 0 bridgehead atoms. The highest BCUT2D eigenvalue weighted by atomic mass is 35.5. The van der Waals surface area contributed by atoms with Crippen molar-refractivity contribution in [3.05, 3.63) is 168 Å². The van der Waals surface area contributed by atoms with E-state index in [2.05, 4.69) is 146 Å². The van der Waals surface area contributed by atoms with Crippen molar-refractivity contribution < 1.29 is 0 Å². The van der Waals surface area contributed by atoms with Crippen LogP contribution in [0.4, 0.5) is 0 Å². The van der Waals surface area contributed by atoms with E-state index in [-0.39, 0.29) is 0 Å². The van der Waals surface area contributed by atoms with E-state index in [9.17, 15) is 0 Å². The zero-order chi connectivity index (χ0) is 29.6. The maximum Gasteiger partial charge on any atom is 0.0412 e. The SMILES string of the molecule is Clc1ccc2c(-c3ccccc3)c3c(-c4ccccc4)c4cc(Cl)ccc4c(-c4ccccc4)c3c(-c3ccccc3)c2c1. The largest absolute Gasteiger partial charge is 0.0843 e. The van der Waals surface area contributed by atoms with Gasteiger partial charge in [0.05, 0.1) is 0 Å². The standard InChI is InChI=1S/C42H26Cl2/c43-31-21-23-33-35(25-31)40(30-19-11-4-12-20-30)42-38(28-15-7-2-8-16-28)34-24-22-32(44)26-36(34)39(29-17-9-3-10-18-29)41(42)37(33)27-13-5-1-6-14-27/h1-26H. The Hall–Kier alpha value is -4.88. The summed E-state index contributed by atoms with van der Waals surface area (Å²) in [5.74, 6) is 0. The average molecular weight is 602 g/mol. The Bertz CT molecular complexity index is 2140. The Labute approximate surface area is 266 Å². The maximum atomic E-state index is 6.81. The van der Waals surface area contributed by atoms with Gasteiger partial charge in [-0.2, -0.15) is 0 Å². The summed E-state index contributed by atoms with van der Waals surface area (Å²) >= 11 is 13.6. The summed E-state index contributed by atoms with van der Waals surface area (Å²) in [7, 11) is 0. The lowest BCUT2D eigenvalue weighted by Crippen LogP contribution is -1.98. The molecule has 0 spiro atoms. The minimum absolute atomic E-state index is 0.713. The highest BCUT2D eigenvalue weighted by Crippen LogP contribution is 2.54. The highest BCUT2D eigenvalue weighted by molar-refractivity contribution is 6.37. The summed E-state index contributed by atoms with van der Waals surface area (Å²) < 4.78 is 0. The normalized spacial score (nSPS) is 11.4. The highest BCUT2D eigenvalue weighted by Gasteiger charge is 2.26. The molecule has 0 aromatic heterocycles. The van der Waals surface area contributed by atoms with Crippen LogP contribution in [0.5, 0.6) is 0 Å². The lowest BCUT2D eigenvalue weighted by atomic mass is 9.77. The van der Waals surface area contributed by atoms with Gasteiger partial charge in [0.15, 0.2) is 0 Å². The first-order chi connectivity index (χ1) is 21.7. The summed E-state index contributed by atoms with van der Waals surface area (Å²) in [6.45, 7) is 0. The molecule has 208 valence electrons. The van der Waals surface area contributed by atoms with Gasteiger partial charge in [0.2, 0.25) is 0 Å². The molecule has 0 saturated heterocycles. The van der Waals surface area contributed by atoms with Gasteiger partial charge in [0.25, 0.3) is 0 Å². The third-order valence-electron chi connectivity index (χ3n) is 8.54. The fourth-order valence-electron chi connectivity index (χ4n) is 6.79. The Kier molecular flexibility index (Phi) is 6.68. The summed E-state index contributed by atoms with van der Waals surface area (Å²) in [6.07, 6.45) is 0. The summed E-state index contributed by atoms with van der Waals surface area (Å²) in [4.78, 5) is 0. The van der Waals surface area contributed by atoms with Gasteiger partial charge in [0.1, 0.15) is 0 Å². The molecule has 0 aliphatic carbocycles. The smallest absolute Gasteiger partial charge is 0.0412 e. The van der Waals surface area contributed by atoms with Crippen LogP contribution in [0.25, 0.3) is 76.8 Å². The van der Waals surface area contributed by atoms with E-state index in [1.165, 1.54) is 33.0 Å². The fourth-order valence-corrected chi connectivity index (χ4v) is 7.13. The summed E-state index contributed by atoms with van der Waals surface area (Å²) in [5, 5.41) is 8.39.